The molecule has 4 aromatic rings. The summed E-state index contributed by atoms with van der Waals surface area (Å²) in [5.41, 5.74) is 0.643. The molecule has 0 saturated carbocycles. The molecule has 4 rings (SSSR count). The zero-order valence-electron chi connectivity index (χ0n) is 17.4. The molecular weight excluding hydrogens is 420 g/mol. The minimum absolute atomic E-state index is 0.125. The van der Waals surface area contributed by atoms with Gasteiger partial charge in [0.2, 0.25) is 0 Å². The first-order valence-electron chi connectivity index (χ1n) is 9.35. The Labute approximate surface area is 180 Å². The summed E-state index contributed by atoms with van der Waals surface area (Å²) < 4.78 is 21.3. The molecule has 0 radical (unpaired) electrons. The maximum absolute atomic E-state index is 12.5. The number of H-pyrrole nitrogens is 1. The summed E-state index contributed by atoms with van der Waals surface area (Å²) in [7, 11) is 4.26. The van der Waals surface area contributed by atoms with Crippen molar-refractivity contribution in [2.45, 2.75) is 6.54 Å². The van der Waals surface area contributed by atoms with Crippen LogP contribution in [0.2, 0.25) is 0 Å². The fourth-order valence-electron chi connectivity index (χ4n) is 3.25. The third-order valence-electron chi connectivity index (χ3n) is 4.81. The molecule has 0 atom stereocenters. The van der Waals surface area contributed by atoms with Gasteiger partial charge in [0.1, 0.15) is 5.82 Å². The van der Waals surface area contributed by atoms with Crippen LogP contribution < -0.4 is 20.8 Å². The predicted octanol–water partition coefficient (Wildman–Crippen LogP) is 1.59. The van der Waals surface area contributed by atoms with Crippen LogP contribution in [0, 0.1) is 0 Å². The Kier molecular flexibility index (Phi) is 5.46. The summed E-state index contributed by atoms with van der Waals surface area (Å²) in [6.45, 7) is -0.125. The van der Waals surface area contributed by atoms with Gasteiger partial charge in [-0.25, -0.2) is 19.1 Å². The lowest BCUT2D eigenvalue weighted by atomic mass is 10.1. The Morgan fingerprint density at radius 3 is 2.56 bits per heavy atom. The number of nitrogens with zero attached hydrogens (tertiary/aromatic N) is 3. The molecule has 2 aromatic heterocycles. The van der Waals surface area contributed by atoms with Gasteiger partial charge in [0.25, 0.3) is 5.56 Å². The van der Waals surface area contributed by atoms with Gasteiger partial charge in [0.15, 0.2) is 17.3 Å². The standard InChI is InChI=1S/C21H18N4O7/c1-29-15-7-5-11(9-16(15)30-2)18-24-32-21(28)25(18)10-17-22-14-8-12(20(27)31-3)4-6-13(14)19(26)23-17/h4-9H,10H2,1-3H3,(H,22,23,26). The first kappa shape index (κ1) is 20.8. The van der Waals surface area contributed by atoms with Crippen molar-refractivity contribution in [3.63, 3.8) is 0 Å². The fraction of sp³-hybridized carbons (Fsp3) is 0.190. The Hall–Kier alpha value is -4.41. The molecule has 0 aliphatic carbocycles. The molecule has 32 heavy (non-hydrogen) atoms. The number of rotatable bonds is 6. The van der Waals surface area contributed by atoms with Gasteiger partial charge >= 0.3 is 11.7 Å². The van der Waals surface area contributed by atoms with Crippen molar-refractivity contribution in [2.24, 2.45) is 0 Å². The van der Waals surface area contributed by atoms with Crippen LogP contribution in [0.4, 0.5) is 0 Å². The molecule has 0 saturated heterocycles. The van der Waals surface area contributed by atoms with E-state index in [0.29, 0.717) is 22.4 Å². The number of methoxy groups -OCH3 is 3. The summed E-state index contributed by atoms with van der Waals surface area (Å²) in [4.78, 5) is 43.7. The van der Waals surface area contributed by atoms with Crippen molar-refractivity contribution >= 4 is 16.9 Å². The van der Waals surface area contributed by atoms with Crippen LogP contribution in [-0.4, -0.2) is 47.0 Å². The minimum atomic E-state index is -0.735. The smallest absolute Gasteiger partial charge is 0.442 e. The first-order chi connectivity index (χ1) is 15.4. The number of ether oxygens (including phenoxy) is 3. The third kappa shape index (κ3) is 3.71. The quantitative estimate of drug-likeness (QED) is 0.445. The number of nitrogens with one attached hydrogen (secondary N) is 1. The van der Waals surface area contributed by atoms with Gasteiger partial charge in [0.05, 0.1) is 44.3 Å². The highest BCUT2D eigenvalue weighted by atomic mass is 16.5. The number of carbonyl (C=O) groups excluding carboxylic acids is 1. The van der Waals surface area contributed by atoms with Gasteiger partial charge in [-0.05, 0) is 36.4 Å². The Morgan fingerprint density at radius 2 is 1.84 bits per heavy atom. The van der Waals surface area contributed by atoms with E-state index in [-0.39, 0.29) is 29.3 Å². The number of benzene rings is 2. The highest BCUT2D eigenvalue weighted by Crippen LogP contribution is 2.31. The molecule has 0 spiro atoms. The molecular formula is C21H18N4O7. The number of carbonyl (C=O) groups is 1. The molecule has 164 valence electrons. The number of aromatic amines is 1. The van der Waals surface area contributed by atoms with Crippen molar-refractivity contribution in [1.29, 1.82) is 0 Å². The van der Waals surface area contributed by atoms with E-state index in [1.165, 1.54) is 44.1 Å². The lowest BCUT2D eigenvalue weighted by Crippen LogP contribution is -2.21. The molecule has 11 nitrogen and oxygen atoms in total. The second-order valence-corrected chi connectivity index (χ2v) is 6.66. The van der Waals surface area contributed by atoms with Gasteiger partial charge < -0.3 is 19.2 Å². The number of aromatic nitrogens is 4. The van der Waals surface area contributed by atoms with E-state index in [9.17, 15) is 14.4 Å². The minimum Gasteiger partial charge on any atom is -0.493 e. The van der Waals surface area contributed by atoms with Crippen LogP contribution in [0.3, 0.4) is 0 Å². The van der Waals surface area contributed by atoms with Crippen molar-refractivity contribution in [2.75, 3.05) is 21.3 Å². The molecule has 2 aromatic carbocycles. The van der Waals surface area contributed by atoms with Gasteiger partial charge in [0, 0.05) is 5.56 Å². The summed E-state index contributed by atoms with van der Waals surface area (Å²) >= 11 is 0. The molecule has 0 fully saturated rings. The maximum atomic E-state index is 12.5. The van der Waals surface area contributed by atoms with Crippen LogP contribution in [0.5, 0.6) is 11.5 Å². The van der Waals surface area contributed by atoms with Crippen LogP contribution in [-0.2, 0) is 11.3 Å². The molecule has 0 aliphatic rings. The summed E-state index contributed by atoms with van der Waals surface area (Å²) in [6, 6.07) is 9.41. The fourth-order valence-corrected chi connectivity index (χ4v) is 3.25. The average Bonchev–Trinajstić information content (AvgIpc) is 3.17. The second kappa shape index (κ2) is 8.38. The van der Waals surface area contributed by atoms with E-state index in [1.807, 2.05) is 0 Å². The predicted molar refractivity (Wildman–Crippen MR) is 112 cm³/mol. The number of hydrogen-bond acceptors (Lipinski definition) is 9. The van der Waals surface area contributed by atoms with Gasteiger partial charge in [-0.15, -0.1) is 0 Å². The third-order valence-corrected chi connectivity index (χ3v) is 4.81. The Balaban J connectivity index is 1.77. The van der Waals surface area contributed by atoms with Crippen LogP contribution in [0.1, 0.15) is 16.2 Å². The van der Waals surface area contributed by atoms with Gasteiger partial charge in [-0.2, -0.15) is 0 Å². The Bertz CT molecular complexity index is 1430. The topological polar surface area (TPSA) is 139 Å². The van der Waals surface area contributed by atoms with Gasteiger partial charge in [-0.1, -0.05) is 5.16 Å². The number of hydrogen-bond donors (Lipinski definition) is 1. The van der Waals surface area contributed by atoms with Crippen molar-refractivity contribution < 1.29 is 23.5 Å². The SMILES string of the molecule is COC(=O)c1ccc2c(=O)[nH]c(Cn3c(-c4ccc(OC)c(OC)c4)noc3=O)nc2c1. The first-order valence-corrected chi connectivity index (χ1v) is 9.35. The van der Waals surface area contributed by atoms with Gasteiger partial charge in [-0.3, -0.25) is 9.32 Å². The van der Waals surface area contributed by atoms with E-state index in [0.717, 1.165) is 0 Å². The maximum Gasteiger partial charge on any atom is 0.442 e. The Morgan fingerprint density at radius 1 is 1.06 bits per heavy atom. The van der Waals surface area contributed by atoms with Crippen molar-refractivity contribution in [3.8, 4) is 22.9 Å². The molecule has 0 bridgehead atoms. The highest BCUT2D eigenvalue weighted by molar-refractivity contribution is 5.93. The summed E-state index contributed by atoms with van der Waals surface area (Å²) in [6.07, 6.45) is 0. The molecule has 11 heteroatoms. The molecule has 2 heterocycles. The van der Waals surface area contributed by atoms with E-state index < -0.39 is 17.3 Å². The largest absolute Gasteiger partial charge is 0.493 e. The second-order valence-electron chi connectivity index (χ2n) is 6.66. The molecule has 0 unspecified atom stereocenters. The van der Waals surface area contributed by atoms with Crippen molar-refractivity contribution in [1.82, 2.24) is 19.7 Å². The van der Waals surface area contributed by atoms with E-state index in [2.05, 4.69) is 15.1 Å². The lowest BCUT2D eigenvalue weighted by Gasteiger charge is -2.10. The molecule has 1 N–H and O–H groups in total. The van der Waals surface area contributed by atoms with Crippen LogP contribution >= 0.6 is 0 Å². The zero-order chi connectivity index (χ0) is 22.8. The van der Waals surface area contributed by atoms with Crippen molar-refractivity contribution in [3.05, 3.63) is 68.7 Å². The lowest BCUT2D eigenvalue weighted by molar-refractivity contribution is 0.0601. The molecule has 0 amide bonds. The van der Waals surface area contributed by atoms with E-state index in [1.54, 1.807) is 18.2 Å². The average molecular weight is 438 g/mol. The number of esters is 1. The van der Waals surface area contributed by atoms with Crippen LogP contribution in [0.15, 0.2) is 50.5 Å². The summed E-state index contributed by atoms with van der Waals surface area (Å²) in [5, 5.41) is 4.14. The zero-order valence-corrected chi connectivity index (χ0v) is 17.4. The monoisotopic (exact) mass is 438 g/mol. The highest BCUT2D eigenvalue weighted by Gasteiger charge is 2.17. The van der Waals surface area contributed by atoms with Crippen LogP contribution in [0.25, 0.3) is 22.3 Å². The molecule has 0 aliphatic heterocycles. The summed E-state index contributed by atoms with van der Waals surface area (Å²) in [5.74, 6) is 0.0519. The van der Waals surface area contributed by atoms with E-state index in [4.69, 9.17) is 18.7 Å². The number of fused-ring (bicyclic) bond motifs is 1. The normalized spacial score (nSPS) is 10.8. The van der Waals surface area contributed by atoms with E-state index >= 15 is 0 Å².